The van der Waals surface area contributed by atoms with E-state index in [1.165, 1.54) is 18.2 Å². The third kappa shape index (κ3) is 2.41. The first-order chi connectivity index (χ1) is 8.06. The topological polar surface area (TPSA) is 95.7 Å². The van der Waals surface area contributed by atoms with Crippen LogP contribution in [-0.4, -0.2) is 24.3 Å². The lowest BCUT2D eigenvalue weighted by Crippen LogP contribution is -2.22. The first kappa shape index (κ1) is 11.1. The average molecular weight is 235 g/mol. The van der Waals surface area contributed by atoms with Crippen LogP contribution in [0.5, 0.6) is 11.5 Å². The van der Waals surface area contributed by atoms with Crippen LogP contribution in [0.25, 0.3) is 0 Å². The molecule has 1 aromatic rings. The summed E-state index contributed by atoms with van der Waals surface area (Å²) in [6.45, 7) is -0.277. The lowest BCUT2D eigenvalue weighted by Gasteiger charge is -2.15. The molecule has 0 saturated carbocycles. The van der Waals surface area contributed by atoms with Gasteiger partial charge in [-0.25, -0.2) is 0 Å². The molecule has 0 aliphatic carbocycles. The van der Waals surface area contributed by atoms with Gasteiger partial charge in [-0.1, -0.05) is 0 Å². The average Bonchev–Trinajstić information content (AvgIpc) is 2.25. The normalized spacial score (nSPS) is 13.9. The Kier molecular flexibility index (Phi) is 2.78. The minimum Gasteiger partial charge on any atom is -0.484 e. The van der Waals surface area contributed by atoms with Crippen LogP contribution in [0, 0.1) is 0 Å². The molecule has 1 amide bonds. The highest BCUT2D eigenvalue weighted by Gasteiger charge is 2.25. The Hall–Kier alpha value is -2.37. The van der Waals surface area contributed by atoms with Gasteiger partial charge in [-0.3, -0.25) is 14.4 Å². The highest BCUT2D eigenvalue weighted by Crippen LogP contribution is 2.29. The summed E-state index contributed by atoms with van der Waals surface area (Å²) >= 11 is 0. The molecule has 6 nitrogen and oxygen atoms in total. The summed E-state index contributed by atoms with van der Waals surface area (Å²) in [5, 5.41) is 0. The molecule has 0 unspecified atom stereocenters. The minimum absolute atomic E-state index is 0.147. The van der Waals surface area contributed by atoms with Gasteiger partial charge in [-0.15, -0.1) is 0 Å². The van der Waals surface area contributed by atoms with Crippen molar-refractivity contribution < 1.29 is 23.9 Å². The number of primary amides is 1. The number of Topliss-reactive ketones (excluding diaryl/α,β-unsaturated/α-hetero) is 1. The zero-order chi connectivity index (χ0) is 12.4. The van der Waals surface area contributed by atoms with E-state index in [1.807, 2.05) is 0 Å². The fourth-order valence-corrected chi connectivity index (χ4v) is 1.45. The molecule has 1 heterocycles. The smallest absolute Gasteiger partial charge is 0.319 e. The number of esters is 1. The van der Waals surface area contributed by atoms with E-state index in [2.05, 4.69) is 0 Å². The number of hydrogen-bond acceptors (Lipinski definition) is 5. The second-order valence-corrected chi connectivity index (χ2v) is 3.49. The summed E-state index contributed by atoms with van der Waals surface area (Å²) in [5.74, 6) is -1.05. The van der Waals surface area contributed by atoms with Crippen LogP contribution in [0.2, 0.25) is 0 Å². The molecule has 0 aromatic heterocycles. The predicted octanol–water partition coefficient (Wildman–Crippen LogP) is 0.0425. The largest absolute Gasteiger partial charge is 0.484 e. The first-order valence-corrected chi connectivity index (χ1v) is 4.85. The Morgan fingerprint density at radius 2 is 2.18 bits per heavy atom. The molecule has 1 aliphatic heterocycles. The molecule has 1 aliphatic rings. The van der Waals surface area contributed by atoms with Crippen molar-refractivity contribution in [1.29, 1.82) is 0 Å². The van der Waals surface area contributed by atoms with Gasteiger partial charge >= 0.3 is 5.97 Å². The number of hydrogen-bond donors (Lipinski definition) is 1. The van der Waals surface area contributed by atoms with Crippen molar-refractivity contribution in [2.24, 2.45) is 5.73 Å². The maximum absolute atomic E-state index is 11.5. The van der Waals surface area contributed by atoms with Crippen LogP contribution in [0.3, 0.4) is 0 Å². The van der Waals surface area contributed by atoms with Crippen LogP contribution in [0.15, 0.2) is 18.2 Å². The van der Waals surface area contributed by atoms with Crippen LogP contribution in [0.4, 0.5) is 0 Å². The summed E-state index contributed by atoms with van der Waals surface area (Å²) in [6.07, 6.45) is -0.255. The van der Waals surface area contributed by atoms with Gasteiger partial charge in [-0.05, 0) is 12.1 Å². The Labute approximate surface area is 96.3 Å². The van der Waals surface area contributed by atoms with Gasteiger partial charge in [0.2, 0.25) is 0 Å². The molecular formula is C11H9NO5. The number of amides is 1. The first-order valence-electron chi connectivity index (χ1n) is 4.85. The summed E-state index contributed by atoms with van der Waals surface area (Å²) in [5.41, 5.74) is 5.25. The van der Waals surface area contributed by atoms with E-state index in [9.17, 15) is 14.4 Å². The number of rotatable bonds is 3. The number of benzene rings is 1. The van der Waals surface area contributed by atoms with Crippen molar-refractivity contribution in [3.05, 3.63) is 23.8 Å². The van der Waals surface area contributed by atoms with Gasteiger partial charge in [0.25, 0.3) is 5.91 Å². The maximum atomic E-state index is 11.5. The van der Waals surface area contributed by atoms with Gasteiger partial charge in [-0.2, -0.15) is 0 Å². The van der Waals surface area contributed by atoms with Crippen molar-refractivity contribution in [2.75, 3.05) is 6.61 Å². The fraction of sp³-hybridized carbons (Fsp3) is 0.182. The van der Waals surface area contributed by atoms with E-state index >= 15 is 0 Å². The number of nitrogens with two attached hydrogens (primary N) is 1. The lowest BCUT2D eigenvalue weighted by atomic mass is 10.0. The van der Waals surface area contributed by atoms with Gasteiger partial charge < -0.3 is 15.2 Å². The number of carbonyl (C=O) groups is 3. The molecule has 0 radical (unpaired) electrons. The fourth-order valence-electron chi connectivity index (χ4n) is 1.45. The van der Waals surface area contributed by atoms with Gasteiger partial charge in [0.05, 0.1) is 5.56 Å². The molecule has 0 saturated heterocycles. The second kappa shape index (κ2) is 4.25. The van der Waals surface area contributed by atoms with E-state index in [0.717, 1.165) is 0 Å². The number of fused-ring (bicyclic) bond motifs is 1. The van der Waals surface area contributed by atoms with Crippen molar-refractivity contribution in [3.8, 4) is 11.5 Å². The zero-order valence-corrected chi connectivity index (χ0v) is 8.76. The Bertz CT molecular complexity index is 509. The van der Waals surface area contributed by atoms with Crippen LogP contribution in [0.1, 0.15) is 16.8 Å². The summed E-state index contributed by atoms with van der Waals surface area (Å²) < 4.78 is 9.92. The Morgan fingerprint density at radius 1 is 1.41 bits per heavy atom. The summed E-state index contributed by atoms with van der Waals surface area (Å²) in [4.78, 5) is 33.0. The van der Waals surface area contributed by atoms with Gasteiger partial charge in [0, 0.05) is 6.07 Å². The predicted molar refractivity (Wildman–Crippen MR) is 55.7 cm³/mol. The molecule has 88 valence electrons. The third-order valence-electron chi connectivity index (χ3n) is 2.16. The molecule has 0 atom stereocenters. The molecule has 6 heteroatoms. The highest BCUT2D eigenvalue weighted by atomic mass is 16.5. The van der Waals surface area contributed by atoms with Crippen molar-refractivity contribution in [1.82, 2.24) is 0 Å². The van der Waals surface area contributed by atoms with Crippen molar-refractivity contribution >= 4 is 17.7 Å². The molecule has 0 bridgehead atoms. The van der Waals surface area contributed by atoms with E-state index in [-0.39, 0.29) is 24.6 Å². The van der Waals surface area contributed by atoms with Crippen LogP contribution < -0.4 is 15.2 Å². The molecule has 2 rings (SSSR count). The van der Waals surface area contributed by atoms with Gasteiger partial charge in [0.15, 0.2) is 12.4 Å². The van der Waals surface area contributed by atoms with E-state index in [4.69, 9.17) is 15.2 Å². The molecule has 2 N–H and O–H groups in total. The molecule has 17 heavy (non-hydrogen) atoms. The standard InChI is InChI=1S/C11H9NO5/c12-10(14)5-16-6-1-2-7-8(13)4-11(15)17-9(7)3-6/h1-3H,4-5H2,(H2,12,14). The molecule has 0 spiro atoms. The quantitative estimate of drug-likeness (QED) is 0.453. The summed E-state index contributed by atoms with van der Waals surface area (Å²) in [6, 6.07) is 4.38. The Morgan fingerprint density at radius 3 is 2.88 bits per heavy atom. The van der Waals surface area contributed by atoms with Gasteiger partial charge in [0.1, 0.15) is 17.9 Å². The Balaban J connectivity index is 2.24. The number of carbonyl (C=O) groups excluding carboxylic acids is 3. The summed E-state index contributed by atoms with van der Waals surface area (Å²) in [7, 11) is 0. The number of ketones is 1. The van der Waals surface area contributed by atoms with Crippen LogP contribution in [-0.2, 0) is 9.59 Å². The van der Waals surface area contributed by atoms with E-state index < -0.39 is 11.9 Å². The molecule has 0 fully saturated rings. The zero-order valence-electron chi connectivity index (χ0n) is 8.76. The third-order valence-corrected chi connectivity index (χ3v) is 2.16. The lowest BCUT2D eigenvalue weighted by molar-refractivity contribution is -0.133. The second-order valence-electron chi connectivity index (χ2n) is 3.49. The van der Waals surface area contributed by atoms with E-state index in [0.29, 0.717) is 11.3 Å². The SMILES string of the molecule is NC(=O)COc1ccc2c(c1)OC(=O)CC2=O. The highest BCUT2D eigenvalue weighted by molar-refractivity contribution is 6.11. The molecular weight excluding hydrogens is 226 g/mol. The number of ether oxygens (including phenoxy) is 2. The van der Waals surface area contributed by atoms with Crippen molar-refractivity contribution in [2.45, 2.75) is 6.42 Å². The minimum atomic E-state index is -0.615. The molecule has 1 aromatic carbocycles. The monoisotopic (exact) mass is 235 g/mol. The van der Waals surface area contributed by atoms with Crippen molar-refractivity contribution in [3.63, 3.8) is 0 Å². The van der Waals surface area contributed by atoms with Crippen LogP contribution >= 0.6 is 0 Å². The maximum Gasteiger partial charge on any atom is 0.319 e. The van der Waals surface area contributed by atoms with E-state index in [1.54, 1.807) is 0 Å².